The zero-order valence-corrected chi connectivity index (χ0v) is 23.3. The number of amides is 2. The number of likely N-dealkylation sites (N-methyl/N-ethyl adjacent to an activating group) is 1. The van der Waals surface area contributed by atoms with Crippen molar-refractivity contribution in [2.24, 2.45) is 5.73 Å². The Bertz CT molecular complexity index is 1730. The molecule has 1 unspecified atom stereocenters. The van der Waals surface area contributed by atoms with Crippen molar-refractivity contribution in [1.29, 1.82) is 0 Å². The Labute approximate surface area is 236 Å². The van der Waals surface area contributed by atoms with Gasteiger partial charge in [0.25, 0.3) is 5.91 Å². The number of rotatable bonds is 7. The second-order valence-electron chi connectivity index (χ2n) is 9.99. The maximum absolute atomic E-state index is 13.7. The molecule has 5 rings (SSSR count). The number of hydrogen-bond acceptors (Lipinski definition) is 8. The average Bonchev–Trinajstić information content (AvgIpc) is 3.35. The quantitative estimate of drug-likeness (QED) is 0.261. The molecular formula is C28H30FN7O4S. The van der Waals surface area contributed by atoms with E-state index < -0.39 is 33.5 Å². The number of H-pyrrole nitrogens is 1. The highest BCUT2D eigenvalue weighted by molar-refractivity contribution is 7.91. The number of nitrogens with zero attached hydrogens (tertiary/aromatic N) is 3. The largest absolute Gasteiger partial charge is 0.369 e. The molecule has 41 heavy (non-hydrogen) atoms. The molecule has 13 heteroatoms. The molecule has 1 aromatic heterocycles. The fraction of sp³-hybridized carbons (Fsp3) is 0.250. The van der Waals surface area contributed by atoms with E-state index in [0.29, 0.717) is 10.9 Å². The van der Waals surface area contributed by atoms with Crippen molar-refractivity contribution in [3.05, 3.63) is 72.0 Å². The number of aromatic amines is 1. The molecule has 0 bridgehead atoms. The first-order valence-corrected chi connectivity index (χ1v) is 14.5. The van der Waals surface area contributed by atoms with Crippen LogP contribution in [0.1, 0.15) is 17.3 Å². The van der Waals surface area contributed by atoms with Gasteiger partial charge in [0.15, 0.2) is 5.82 Å². The number of nitrogens with one attached hydrogen (secondary N) is 3. The van der Waals surface area contributed by atoms with Gasteiger partial charge in [-0.2, -0.15) is 5.10 Å². The zero-order valence-electron chi connectivity index (χ0n) is 22.5. The third kappa shape index (κ3) is 5.92. The van der Waals surface area contributed by atoms with Crippen LogP contribution >= 0.6 is 0 Å². The van der Waals surface area contributed by atoms with Crippen molar-refractivity contribution < 1.29 is 22.4 Å². The van der Waals surface area contributed by atoms with Gasteiger partial charge in [0.05, 0.1) is 32.6 Å². The fourth-order valence-electron chi connectivity index (χ4n) is 4.54. The van der Waals surface area contributed by atoms with Crippen molar-refractivity contribution in [2.45, 2.75) is 22.8 Å². The molecule has 11 nitrogen and oxygen atoms in total. The summed E-state index contributed by atoms with van der Waals surface area (Å²) in [5.41, 5.74) is 7.56. The van der Waals surface area contributed by atoms with Gasteiger partial charge >= 0.3 is 0 Å². The van der Waals surface area contributed by atoms with Gasteiger partial charge in [-0.15, -0.1) is 0 Å². The Hall–Kier alpha value is -4.33. The lowest BCUT2D eigenvalue weighted by Crippen LogP contribution is -2.44. The first-order valence-electron chi connectivity index (χ1n) is 13.0. The van der Waals surface area contributed by atoms with Crippen LogP contribution in [0.4, 0.5) is 21.6 Å². The first-order chi connectivity index (χ1) is 19.5. The molecule has 0 aliphatic carbocycles. The van der Waals surface area contributed by atoms with Crippen LogP contribution in [0, 0.1) is 5.82 Å². The van der Waals surface area contributed by atoms with Gasteiger partial charge in [0.2, 0.25) is 15.7 Å². The molecule has 214 valence electrons. The Morgan fingerprint density at radius 1 is 1.00 bits per heavy atom. The molecule has 1 atom stereocenters. The van der Waals surface area contributed by atoms with E-state index in [1.807, 2.05) is 6.07 Å². The van der Waals surface area contributed by atoms with Gasteiger partial charge < -0.3 is 26.2 Å². The Morgan fingerprint density at radius 2 is 1.73 bits per heavy atom. The number of fused-ring (bicyclic) bond motifs is 1. The molecule has 0 radical (unpaired) electrons. The first kappa shape index (κ1) is 28.2. The number of carbonyl (C=O) groups is 2. The van der Waals surface area contributed by atoms with Crippen molar-refractivity contribution in [3.8, 4) is 0 Å². The van der Waals surface area contributed by atoms with Crippen LogP contribution in [-0.2, 0) is 14.6 Å². The number of aromatic nitrogens is 2. The Kier molecular flexibility index (Phi) is 7.76. The summed E-state index contributed by atoms with van der Waals surface area (Å²) in [5, 5.41) is 12.7. The van der Waals surface area contributed by atoms with Gasteiger partial charge in [0, 0.05) is 37.3 Å². The topological polar surface area (TPSA) is 154 Å². The summed E-state index contributed by atoms with van der Waals surface area (Å²) in [5.74, 6) is -1.60. The summed E-state index contributed by atoms with van der Waals surface area (Å²) in [4.78, 5) is 30.1. The van der Waals surface area contributed by atoms with Crippen LogP contribution in [0.5, 0.6) is 0 Å². The highest BCUT2D eigenvalue weighted by Gasteiger charge is 2.23. The van der Waals surface area contributed by atoms with Crippen LogP contribution in [0.25, 0.3) is 10.9 Å². The maximum atomic E-state index is 13.7. The highest BCUT2D eigenvalue weighted by atomic mass is 32.2. The van der Waals surface area contributed by atoms with E-state index in [1.165, 1.54) is 30.3 Å². The van der Waals surface area contributed by atoms with Gasteiger partial charge in [-0.1, -0.05) is 6.07 Å². The minimum Gasteiger partial charge on any atom is -0.369 e. The fourth-order valence-corrected chi connectivity index (χ4v) is 5.86. The lowest BCUT2D eigenvalue weighted by Gasteiger charge is -2.34. The van der Waals surface area contributed by atoms with Crippen molar-refractivity contribution in [3.63, 3.8) is 0 Å². The number of benzene rings is 3. The van der Waals surface area contributed by atoms with Gasteiger partial charge in [-0.3, -0.25) is 14.7 Å². The average molecular weight is 580 g/mol. The molecule has 2 amide bonds. The Morgan fingerprint density at radius 3 is 2.44 bits per heavy atom. The molecule has 0 saturated carbocycles. The van der Waals surface area contributed by atoms with Crippen molar-refractivity contribution in [2.75, 3.05) is 48.8 Å². The monoisotopic (exact) mass is 579 g/mol. The molecular weight excluding hydrogens is 549 g/mol. The smallest absolute Gasteiger partial charge is 0.258 e. The molecule has 2 heterocycles. The SMILES string of the molecule is CC(N)C(=O)Nc1cc(N2CCN(C)CC2)ccc1C(=O)Nc1n[nH]c2ccc(S(=O)(=O)c3cccc(F)c3)cc12. The van der Waals surface area contributed by atoms with Gasteiger partial charge in [-0.05, 0) is 68.6 Å². The molecule has 5 N–H and O–H groups in total. The standard InChI is InChI=1S/C28H30FN7O4S/c1-17(30)27(37)31-25-15-19(36-12-10-35(2)11-13-36)6-8-22(25)28(38)32-26-23-16-21(7-9-24(23)33-34-26)41(39,40)20-5-3-4-18(29)14-20/h3-9,14-17H,10-13,30H2,1-2H3,(H,31,37)(H2,32,33,34,38). The van der Waals surface area contributed by atoms with E-state index in [0.717, 1.165) is 44.0 Å². The summed E-state index contributed by atoms with van der Waals surface area (Å²) in [6.45, 7) is 4.90. The van der Waals surface area contributed by atoms with Crippen LogP contribution in [0.15, 0.2) is 70.5 Å². The van der Waals surface area contributed by atoms with Gasteiger partial charge in [-0.25, -0.2) is 12.8 Å². The predicted molar refractivity (Wildman–Crippen MR) is 154 cm³/mol. The summed E-state index contributed by atoms with van der Waals surface area (Å²) in [6.07, 6.45) is 0. The molecule has 1 aliphatic rings. The van der Waals surface area contributed by atoms with E-state index in [9.17, 15) is 22.4 Å². The Balaban J connectivity index is 1.46. The summed E-state index contributed by atoms with van der Waals surface area (Å²) in [6, 6.07) is 13.4. The molecule has 1 saturated heterocycles. The lowest BCUT2D eigenvalue weighted by molar-refractivity contribution is -0.117. The minimum atomic E-state index is -4.04. The normalized spacial score (nSPS) is 15.1. The highest BCUT2D eigenvalue weighted by Crippen LogP contribution is 2.30. The summed E-state index contributed by atoms with van der Waals surface area (Å²) < 4.78 is 40.0. The van der Waals surface area contributed by atoms with Gasteiger partial charge in [0.1, 0.15) is 5.82 Å². The maximum Gasteiger partial charge on any atom is 0.258 e. The molecule has 4 aromatic rings. The van der Waals surface area contributed by atoms with E-state index in [1.54, 1.807) is 19.1 Å². The van der Waals surface area contributed by atoms with E-state index >= 15 is 0 Å². The number of sulfone groups is 1. The number of halogens is 1. The third-order valence-electron chi connectivity index (χ3n) is 6.97. The second-order valence-corrected chi connectivity index (χ2v) is 11.9. The van der Waals surface area contributed by atoms with Crippen molar-refractivity contribution >= 4 is 49.7 Å². The third-order valence-corrected chi connectivity index (χ3v) is 8.72. The number of hydrogen-bond donors (Lipinski definition) is 4. The number of carbonyl (C=O) groups excluding carboxylic acids is 2. The van der Waals surface area contributed by atoms with E-state index in [-0.39, 0.29) is 26.9 Å². The minimum absolute atomic E-state index is 0.0890. The van der Waals surface area contributed by atoms with Crippen molar-refractivity contribution in [1.82, 2.24) is 15.1 Å². The zero-order chi connectivity index (χ0) is 29.3. The molecule has 1 aliphatic heterocycles. The second kappa shape index (κ2) is 11.3. The molecule has 0 spiro atoms. The molecule has 1 fully saturated rings. The number of piperazine rings is 1. The number of nitrogens with two attached hydrogens (primary N) is 1. The van der Waals surface area contributed by atoms with E-state index in [2.05, 4.69) is 37.7 Å². The molecule has 3 aromatic carbocycles. The van der Waals surface area contributed by atoms with Crippen LogP contribution in [0.2, 0.25) is 0 Å². The van der Waals surface area contributed by atoms with Crippen LogP contribution < -0.4 is 21.3 Å². The predicted octanol–water partition coefficient (Wildman–Crippen LogP) is 2.82. The summed E-state index contributed by atoms with van der Waals surface area (Å²) in [7, 11) is -1.98. The summed E-state index contributed by atoms with van der Waals surface area (Å²) >= 11 is 0. The van der Waals surface area contributed by atoms with Crippen LogP contribution in [0.3, 0.4) is 0 Å². The van der Waals surface area contributed by atoms with Crippen LogP contribution in [-0.4, -0.2) is 74.6 Å². The lowest BCUT2D eigenvalue weighted by atomic mass is 10.1. The van der Waals surface area contributed by atoms with E-state index in [4.69, 9.17) is 5.73 Å². The number of anilines is 3.